The average Bonchev–Trinajstić information content (AvgIpc) is 3.28. The maximum absolute atomic E-state index is 13.5. The third-order valence-electron chi connectivity index (χ3n) is 6.92. The zero-order chi connectivity index (χ0) is 23.7. The number of carbonyl (C=O) groups is 1. The molecule has 0 spiro atoms. The van der Waals surface area contributed by atoms with Crippen LogP contribution in [-0.2, 0) is 5.60 Å². The van der Waals surface area contributed by atoms with E-state index >= 15 is 0 Å². The Kier molecular flexibility index (Phi) is 6.01. The lowest BCUT2D eigenvalue weighted by molar-refractivity contribution is 0.0920. The van der Waals surface area contributed by atoms with Crippen molar-refractivity contribution in [1.82, 2.24) is 0 Å². The molecular weight excluding hydrogens is 422 g/mol. The minimum atomic E-state index is -1.47. The Morgan fingerprint density at radius 1 is 0.882 bits per heavy atom. The molecule has 1 unspecified atom stereocenters. The van der Waals surface area contributed by atoms with Gasteiger partial charge in [-0.1, -0.05) is 81.3 Å². The van der Waals surface area contributed by atoms with Gasteiger partial charge in [0.15, 0.2) is 5.76 Å². The summed E-state index contributed by atoms with van der Waals surface area (Å²) in [5, 5.41) is 13.1. The first-order chi connectivity index (χ1) is 16.6. The second-order valence-electron chi connectivity index (χ2n) is 9.13. The van der Waals surface area contributed by atoms with Gasteiger partial charge in [-0.15, -0.1) is 0 Å². The molecule has 1 N–H and O–H groups in total. The zero-order valence-corrected chi connectivity index (χ0v) is 19.9. The van der Waals surface area contributed by atoms with Gasteiger partial charge >= 0.3 is 0 Å². The van der Waals surface area contributed by atoms with Crippen LogP contribution in [0.4, 0.5) is 5.69 Å². The van der Waals surface area contributed by atoms with Gasteiger partial charge in [0.1, 0.15) is 11.2 Å². The van der Waals surface area contributed by atoms with Gasteiger partial charge in [0.2, 0.25) is 5.78 Å². The number of furan rings is 1. The third kappa shape index (κ3) is 3.54. The second kappa shape index (κ2) is 9.11. The molecule has 0 fully saturated rings. The van der Waals surface area contributed by atoms with Crippen molar-refractivity contribution in [3.8, 4) is 0 Å². The second-order valence-corrected chi connectivity index (χ2v) is 9.13. The summed E-state index contributed by atoms with van der Waals surface area (Å²) < 4.78 is 6.24. The Labute approximate surface area is 200 Å². The molecule has 1 aromatic heterocycles. The summed E-state index contributed by atoms with van der Waals surface area (Å²) in [5.74, 6) is 0.0450. The van der Waals surface area contributed by atoms with Gasteiger partial charge in [0.25, 0.3) is 0 Å². The van der Waals surface area contributed by atoms with Crippen molar-refractivity contribution in [1.29, 1.82) is 0 Å². The normalized spacial score (nSPS) is 17.0. The molecule has 5 rings (SSSR count). The van der Waals surface area contributed by atoms with Crippen LogP contribution in [0.3, 0.4) is 0 Å². The van der Waals surface area contributed by atoms with Crippen molar-refractivity contribution in [3.63, 3.8) is 0 Å². The van der Waals surface area contributed by atoms with Crippen LogP contribution in [0.15, 0.2) is 77.2 Å². The highest BCUT2D eigenvalue weighted by atomic mass is 16.4. The van der Waals surface area contributed by atoms with Gasteiger partial charge < -0.3 is 14.4 Å². The quantitative estimate of drug-likeness (QED) is 0.324. The Balaban J connectivity index is 1.70. The molecule has 3 aromatic carbocycles. The lowest BCUT2D eigenvalue weighted by atomic mass is 9.72. The molecule has 4 aromatic rings. The summed E-state index contributed by atoms with van der Waals surface area (Å²) in [4.78, 5) is 15.9. The van der Waals surface area contributed by atoms with E-state index in [2.05, 4.69) is 24.8 Å². The number of carbonyl (C=O) groups excluding carboxylic acids is 1. The van der Waals surface area contributed by atoms with E-state index in [1.54, 1.807) is 6.07 Å². The predicted octanol–water partition coefficient (Wildman–Crippen LogP) is 6.67. The SMILES string of the molecule is CCCCN(CCCC)c1ccc2c3c(oc2c1)C(=O)c1ccccc1C3(O)c1ccccc1. The van der Waals surface area contributed by atoms with Crippen molar-refractivity contribution in [2.45, 2.75) is 45.1 Å². The van der Waals surface area contributed by atoms with Crippen LogP contribution in [0.1, 0.15) is 72.3 Å². The first-order valence-corrected chi connectivity index (χ1v) is 12.3. The van der Waals surface area contributed by atoms with Gasteiger partial charge in [-0.2, -0.15) is 0 Å². The van der Waals surface area contributed by atoms with Gasteiger partial charge in [-0.25, -0.2) is 0 Å². The van der Waals surface area contributed by atoms with E-state index in [1.165, 1.54) is 0 Å². The predicted molar refractivity (Wildman–Crippen MR) is 137 cm³/mol. The molecule has 0 bridgehead atoms. The molecule has 4 nitrogen and oxygen atoms in total. The number of fused-ring (bicyclic) bond motifs is 4. The maximum atomic E-state index is 13.5. The van der Waals surface area contributed by atoms with Crippen LogP contribution in [0.5, 0.6) is 0 Å². The molecular formula is C30H31NO3. The van der Waals surface area contributed by atoms with Crippen molar-refractivity contribution in [2.24, 2.45) is 0 Å². The fourth-order valence-corrected chi connectivity index (χ4v) is 5.10. The highest BCUT2D eigenvalue weighted by Crippen LogP contribution is 2.48. The van der Waals surface area contributed by atoms with E-state index in [1.807, 2.05) is 60.7 Å². The molecule has 1 heterocycles. The number of nitrogens with zero attached hydrogens (tertiary/aromatic N) is 1. The van der Waals surface area contributed by atoms with E-state index < -0.39 is 5.60 Å². The molecule has 4 heteroatoms. The fraction of sp³-hybridized carbons (Fsp3) is 0.300. The monoisotopic (exact) mass is 453 g/mol. The minimum absolute atomic E-state index is 0.183. The van der Waals surface area contributed by atoms with Crippen LogP contribution in [0.25, 0.3) is 11.0 Å². The first kappa shape index (κ1) is 22.4. The summed E-state index contributed by atoms with van der Waals surface area (Å²) in [6.07, 6.45) is 4.52. The third-order valence-corrected chi connectivity index (χ3v) is 6.92. The number of rotatable bonds is 8. The van der Waals surface area contributed by atoms with E-state index in [4.69, 9.17) is 4.42 Å². The molecule has 1 aliphatic rings. The van der Waals surface area contributed by atoms with E-state index in [0.29, 0.717) is 22.3 Å². The Bertz CT molecular complexity index is 1320. The van der Waals surface area contributed by atoms with E-state index in [-0.39, 0.29) is 11.5 Å². The zero-order valence-electron chi connectivity index (χ0n) is 19.9. The summed E-state index contributed by atoms with van der Waals surface area (Å²) in [5.41, 5.74) is 2.59. The standard InChI is InChI=1S/C30H31NO3/c1-3-5-18-31(19-6-4-2)22-16-17-24-26(20-22)34-29-27(24)30(33,21-12-8-7-9-13-21)25-15-11-10-14-23(25)28(29)32/h7-17,20,33H,3-6,18-19H2,1-2H3. The Morgan fingerprint density at radius 3 is 2.26 bits per heavy atom. The summed E-state index contributed by atoms with van der Waals surface area (Å²) in [7, 11) is 0. The molecule has 1 aliphatic carbocycles. The Hall–Kier alpha value is -3.37. The molecule has 1 atom stereocenters. The van der Waals surface area contributed by atoms with Crippen LogP contribution in [-0.4, -0.2) is 24.0 Å². The lowest BCUT2D eigenvalue weighted by Crippen LogP contribution is -2.36. The molecule has 0 radical (unpaired) electrons. The number of hydrogen-bond donors (Lipinski definition) is 1. The van der Waals surface area contributed by atoms with Gasteiger partial charge in [0, 0.05) is 41.4 Å². The highest BCUT2D eigenvalue weighted by Gasteiger charge is 2.47. The van der Waals surface area contributed by atoms with Crippen LogP contribution in [0, 0.1) is 0 Å². The lowest BCUT2D eigenvalue weighted by Gasteiger charge is -2.34. The van der Waals surface area contributed by atoms with Crippen molar-refractivity contribution < 1.29 is 14.3 Å². The molecule has 34 heavy (non-hydrogen) atoms. The highest BCUT2D eigenvalue weighted by molar-refractivity contribution is 6.14. The number of hydrogen-bond acceptors (Lipinski definition) is 4. The average molecular weight is 454 g/mol. The van der Waals surface area contributed by atoms with Crippen molar-refractivity contribution in [2.75, 3.05) is 18.0 Å². The van der Waals surface area contributed by atoms with Crippen molar-refractivity contribution in [3.05, 3.63) is 101 Å². The van der Waals surface area contributed by atoms with Crippen LogP contribution < -0.4 is 4.90 Å². The molecule has 0 saturated heterocycles. The summed E-state index contributed by atoms with van der Waals surface area (Å²) in [6.45, 7) is 6.38. The van der Waals surface area contributed by atoms with Gasteiger partial charge in [-0.3, -0.25) is 4.79 Å². The molecule has 0 amide bonds. The topological polar surface area (TPSA) is 53.7 Å². The first-order valence-electron chi connectivity index (χ1n) is 12.3. The largest absolute Gasteiger partial charge is 0.452 e. The van der Waals surface area contributed by atoms with Gasteiger partial charge in [0.05, 0.1) is 5.56 Å². The van der Waals surface area contributed by atoms with E-state index in [0.717, 1.165) is 55.4 Å². The summed E-state index contributed by atoms with van der Waals surface area (Å²) in [6, 6.07) is 23.0. The van der Waals surface area contributed by atoms with Crippen molar-refractivity contribution >= 4 is 22.4 Å². The number of ketones is 1. The number of anilines is 1. The minimum Gasteiger partial charge on any atom is -0.452 e. The van der Waals surface area contributed by atoms with Crippen LogP contribution in [0.2, 0.25) is 0 Å². The number of unbranched alkanes of at least 4 members (excludes halogenated alkanes) is 2. The fourth-order valence-electron chi connectivity index (χ4n) is 5.10. The Morgan fingerprint density at radius 2 is 1.56 bits per heavy atom. The number of aliphatic hydroxyl groups is 1. The maximum Gasteiger partial charge on any atom is 0.229 e. The number of benzene rings is 3. The van der Waals surface area contributed by atoms with Crippen LogP contribution >= 0.6 is 0 Å². The molecule has 174 valence electrons. The van der Waals surface area contributed by atoms with Gasteiger partial charge in [-0.05, 0) is 30.5 Å². The molecule has 0 saturated carbocycles. The molecule has 0 aliphatic heterocycles. The van der Waals surface area contributed by atoms with E-state index in [9.17, 15) is 9.90 Å². The summed E-state index contributed by atoms with van der Waals surface area (Å²) >= 11 is 0. The smallest absolute Gasteiger partial charge is 0.229 e.